The highest BCUT2D eigenvalue weighted by atomic mass is 16.5. The van der Waals surface area contributed by atoms with Crippen molar-refractivity contribution in [3.63, 3.8) is 0 Å². The van der Waals surface area contributed by atoms with Crippen molar-refractivity contribution in [2.24, 2.45) is 5.73 Å². The molecular weight excluding hydrogens is 212 g/mol. The van der Waals surface area contributed by atoms with Gasteiger partial charge in [-0.15, -0.1) is 0 Å². The molecule has 0 aliphatic carbocycles. The molecule has 2 atom stereocenters. The number of fused-ring (bicyclic) bond motifs is 1. The summed E-state index contributed by atoms with van der Waals surface area (Å²) in [7, 11) is 0. The number of benzene rings is 1. The van der Waals surface area contributed by atoms with Gasteiger partial charge in [0.1, 0.15) is 0 Å². The molecule has 1 aromatic carbocycles. The molecule has 1 aromatic rings. The maximum absolute atomic E-state index is 5.94. The van der Waals surface area contributed by atoms with Gasteiger partial charge in [0.2, 0.25) is 0 Å². The molecule has 2 unspecified atom stereocenters. The molecule has 0 spiro atoms. The van der Waals surface area contributed by atoms with E-state index in [1.807, 2.05) is 0 Å². The molecule has 2 aliphatic heterocycles. The van der Waals surface area contributed by atoms with Crippen LogP contribution in [0.5, 0.6) is 0 Å². The van der Waals surface area contributed by atoms with Gasteiger partial charge in [-0.25, -0.2) is 0 Å². The largest absolute Gasteiger partial charge is 0.372 e. The molecule has 0 saturated carbocycles. The number of ether oxygens (including phenoxy) is 1. The van der Waals surface area contributed by atoms with E-state index in [1.54, 1.807) is 0 Å². The summed E-state index contributed by atoms with van der Waals surface area (Å²) in [5.41, 5.74) is 8.77. The highest BCUT2D eigenvalue weighted by Gasteiger charge is 2.26. The fourth-order valence-electron chi connectivity index (χ4n) is 2.89. The van der Waals surface area contributed by atoms with Crippen LogP contribution in [0.3, 0.4) is 0 Å². The number of hydrogen-bond donors (Lipinski definition) is 1. The van der Waals surface area contributed by atoms with Crippen molar-refractivity contribution in [1.82, 2.24) is 4.90 Å². The van der Waals surface area contributed by atoms with Crippen LogP contribution in [-0.2, 0) is 11.2 Å². The lowest BCUT2D eigenvalue weighted by Gasteiger charge is -2.29. The summed E-state index contributed by atoms with van der Waals surface area (Å²) in [4.78, 5) is 2.43. The minimum absolute atomic E-state index is 0.241. The number of likely N-dealkylation sites (tertiary alicyclic amines) is 1. The first-order valence-corrected chi connectivity index (χ1v) is 6.50. The second-order valence-electron chi connectivity index (χ2n) is 5.12. The highest BCUT2D eigenvalue weighted by molar-refractivity contribution is 5.31. The molecule has 2 aliphatic rings. The summed E-state index contributed by atoms with van der Waals surface area (Å²) >= 11 is 0. The first-order chi connectivity index (χ1) is 8.33. The van der Waals surface area contributed by atoms with E-state index in [9.17, 15) is 0 Å². The molecule has 2 N–H and O–H groups in total. The lowest BCUT2D eigenvalue weighted by molar-refractivity contribution is 0.0204. The van der Waals surface area contributed by atoms with Crippen LogP contribution in [0.1, 0.15) is 23.7 Å². The Balaban J connectivity index is 1.72. The van der Waals surface area contributed by atoms with E-state index in [1.165, 1.54) is 11.1 Å². The quantitative estimate of drug-likeness (QED) is 0.836. The van der Waals surface area contributed by atoms with Gasteiger partial charge < -0.3 is 10.5 Å². The van der Waals surface area contributed by atoms with E-state index in [2.05, 4.69) is 29.2 Å². The van der Waals surface area contributed by atoms with Gasteiger partial charge in [0.15, 0.2) is 0 Å². The Morgan fingerprint density at radius 1 is 1.35 bits per heavy atom. The minimum Gasteiger partial charge on any atom is -0.372 e. The molecule has 17 heavy (non-hydrogen) atoms. The zero-order valence-electron chi connectivity index (χ0n) is 10.1. The van der Waals surface area contributed by atoms with Crippen LogP contribution in [0.2, 0.25) is 0 Å². The molecule has 3 rings (SSSR count). The summed E-state index contributed by atoms with van der Waals surface area (Å²) in [5, 5.41) is 0. The summed E-state index contributed by atoms with van der Waals surface area (Å²) < 4.78 is 5.92. The van der Waals surface area contributed by atoms with Crippen LogP contribution < -0.4 is 5.73 Å². The van der Waals surface area contributed by atoms with Crippen LogP contribution in [0, 0.1) is 0 Å². The van der Waals surface area contributed by atoms with Crippen molar-refractivity contribution in [1.29, 1.82) is 0 Å². The number of nitrogens with two attached hydrogens (primary N) is 1. The normalized spacial score (nSPS) is 29.2. The van der Waals surface area contributed by atoms with Crippen molar-refractivity contribution in [3.05, 3.63) is 35.4 Å². The summed E-state index contributed by atoms with van der Waals surface area (Å²) in [5.74, 6) is 0. The van der Waals surface area contributed by atoms with Crippen LogP contribution in [-0.4, -0.2) is 37.2 Å². The Bertz CT molecular complexity index is 394. The zero-order valence-corrected chi connectivity index (χ0v) is 10.1. The highest BCUT2D eigenvalue weighted by Crippen LogP contribution is 2.28. The van der Waals surface area contributed by atoms with Crippen LogP contribution in [0.15, 0.2) is 24.3 Å². The van der Waals surface area contributed by atoms with Crippen molar-refractivity contribution in [3.8, 4) is 0 Å². The van der Waals surface area contributed by atoms with Gasteiger partial charge in [-0.05, 0) is 30.5 Å². The molecule has 2 heterocycles. The molecule has 0 aromatic heterocycles. The van der Waals surface area contributed by atoms with E-state index < -0.39 is 0 Å². The fourth-order valence-corrected chi connectivity index (χ4v) is 2.89. The number of rotatable bonds is 2. The zero-order chi connectivity index (χ0) is 11.7. The predicted molar refractivity (Wildman–Crippen MR) is 67.9 cm³/mol. The minimum atomic E-state index is 0.241. The first kappa shape index (κ1) is 11.2. The lowest BCUT2D eigenvalue weighted by Crippen LogP contribution is -2.32. The van der Waals surface area contributed by atoms with E-state index >= 15 is 0 Å². The smallest absolute Gasteiger partial charge is 0.0954 e. The molecule has 0 amide bonds. The molecule has 92 valence electrons. The Hall–Kier alpha value is -0.900. The van der Waals surface area contributed by atoms with Gasteiger partial charge in [0.25, 0.3) is 0 Å². The van der Waals surface area contributed by atoms with Crippen LogP contribution in [0.4, 0.5) is 0 Å². The SMILES string of the molecule is NC1CCN(CC2OCCc3ccccc32)C1. The fraction of sp³-hybridized carbons (Fsp3) is 0.571. The van der Waals surface area contributed by atoms with E-state index in [0.29, 0.717) is 6.04 Å². The third kappa shape index (κ3) is 2.37. The molecule has 1 fully saturated rings. The lowest BCUT2D eigenvalue weighted by atomic mass is 9.97. The summed E-state index contributed by atoms with van der Waals surface area (Å²) in [6, 6.07) is 9.01. The molecule has 0 bridgehead atoms. The van der Waals surface area contributed by atoms with Gasteiger partial charge in [-0.3, -0.25) is 4.90 Å². The molecule has 3 nitrogen and oxygen atoms in total. The molecular formula is C14H20N2O. The van der Waals surface area contributed by atoms with Gasteiger partial charge >= 0.3 is 0 Å². The van der Waals surface area contributed by atoms with Crippen molar-refractivity contribution in [2.75, 3.05) is 26.2 Å². The standard InChI is InChI=1S/C14H20N2O/c15-12-5-7-16(9-12)10-14-13-4-2-1-3-11(13)6-8-17-14/h1-4,12,14H,5-10,15H2. The first-order valence-electron chi connectivity index (χ1n) is 6.50. The Kier molecular flexibility index (Phi) is 3.14. The van der Waals surface area contributed by atoms with Gasteiger partial charge in [0, 0.05) is 19.1 Å². The average molecular weight is 232 g/mol. The van der Waals surface area contributed by atoms with Crippen LogP contribution >= 0.6 is 0 Å². The number of nitrogens with zero attached hydrogens (tertiary/aromatic N) is 1. The molecule has 1 saturated heterocycles. The summed E-state index contributed by atoms with van der Waals surface area (Å²) in [6.45, 7) is 3.97. The average Bonchev–Trinajstić information content (AvgIpc) is 2.75. The van der Waals surface area contributed by atoms with Gasteiger partial charge in [0.05, 0.1) is 12.7 Å². The van der Waals surface area contributed by atoms with Gasteiger partial charge in [-0.1, -0.05) is 24.3 Å². The predicted octanol–water partition coefficient (Wildman–Crippen LogP) is 1.33. The second kappa shape index (κ2) is 4.77. The van der Waals surface area contributed by atoms with Crippen molar-refractivity contribution in [2.45, 2.75) is 25.0 Å². The molecule has 3 heteroatoms. The Morgan fingerprint density at radius 3 is 3.06 bits per heavy atom. The topological polar surface area (TPSA) is 38.5 Å². The van der Waals surface area contributed by atoms with Crippen molar-refractivity contribution < 1.29 is 4.74 Å². The second-order valence-corrected chi connectivity index (χ2v) is 5.12. The van der Waals surface area contributed by atoms with Crippen molar-refractivity contribution >= 4 is 0 Å². The Labute approximate surface area is 103 Å². The maximum atomic E-state index is 5.94. The van der Waals surface area contributed by atoms with Crippen LogP contribution in [0.25, 0.3) is 0 Å². The Morgan fingerprint density at radius 2 is 2.24 bits per heavy atom. The number of hydrogen-bond acceptors (Lipinski definition) is 3. The van der Waals surface area contributed by atoms with E-state index in [-0.39, 0.29) is 6.10 Å². The maximum Gasteiger partial charge on any atom is 0.0954 e. The van der Waals surface area contributed by atoms with Gasteiger partial charge in [-0.2, -0.15) is 0 Å². The third-order valence-electron chi connectivity index (χ3n) is 3.83. The third-order valence-corrected chi connectivity index (χ3v) is 3.83. The molecule has 0 radical (unpaired) electrons. The monoisotopic (exact) mass is 232 g/mol. The van der Waals surface area contributed by atoms with E-state index in [0.717, 1.165) is 39.1 Å². The summed E-state index contributed by atoms with van der Waals surface area (Å²) in [6.07, 6.45) is 2.41. The van der Waals surface area contributed by atoms with E-state index in [4.69, 9.17) is 10.5 Å².